The summed E-state index contributed by atoms with van der Waals surface area (Å²) in [7, 11) is 1.56. The molecule has 0 spiro atoms. The number of anilines is 1. The first-order valence-corrected chi connectivity index (χ1v) is 10.8. The number of carbonyl (C=O) groups is 2. The largest absolute Gasteiger partial charge is 0.477 e. The molecule has 0 saturated heterocycles. The summed E-state index contributed by atoms with van der Waals surface area (Å²) in [6.07, 6.45) is -0.720. The molecular formula is C20H19N3O3S2. The standard InChI is InChI=1S/C20H19N3O3S2/c1-21-19(25)17-10-23(15-8-4-5-9-16(15)26-17)18(24)12-28-20-22-14-7-3-2-6-13(14)11-27-20/h2-9,17H,10-12H2,1H3,(H,21,25). The first kappa shape index (κ1) is 18.9. The molecule has 4 rings (SSSR count). The van der Waals surface area contributed by atoms with Crippen LogP contribution in [0.1, 0.15) is 5.56 Å². The number of carbonyl (C=O) groups excluding carboxylic acids is 2. The van der Waals surface area contributed by atoms with E-state index in [4.69, 9.17) is 4.74 Å². The van der Waals surface area contributed by atoms with Crippen molar-refractivity contribution in [2.75, 3.05) is 24.2 Å². The fraction of sp³-hybridized carbons (Fsp3) is 0.250. The number of hydrogen-bond acceptors (Lipinski definition) is 6. The van der Waals surface area contributed by atoms with Gasteiger partial charge in [0.05, 0.1) is 23.7 Å². The van der Waals surface area contributed by atoms with Crippen molar-refractivity contribution in [3.63, 3.8) is 0 Å². The number of para-hydroxylation sites is 3. The zero-order valence-electron chi connectivity index (χ0n) is 15.3. The Hall–Kier alpha value is -2.45. The van der Waals surface area contributed by atoms with Crippen LogP contribution in [0.15, 0.2) is 53.5 Å². The van der Waals surface area contributed by atoms with Gasteiger partial charge in [-0.05, 0) is 23.8 Å². The van der Waals surface area contributed by atoms with Gasteiger partial charge in [0.15, 0.2) is 6.10 Å². The number of nitrogens with one attached hydrogen (secondary N) is 1. The highest BCUT2D eigenvalue weighted by atomic mass is 32.2. The molecule has 6 nitrogen and oxygen atoms in total. The molecule has 1 atom stereocenters. The lowest BCUT2D eigenvalue weighted by Crippen LogP contribution is -2.50. The summed E-state index contributed by atoms with van der Waals surface area (Å²) >= 11 is 3.08. The van der Waals surface area contributed by atoms with Crippen LogP contribution in [0.2, 0.25) is 0 Å². The summed E-state index contributed by atoms with van der Waals surface area (Å²) in [5, 5.41) is 2.59. The second-order valence-corrected chi connectivity index (χ2v) is 8.46. The lowest BCUT2D eigenvalue weighted by molar-refractivity contribution is -0.127. The van der Waals surface area contributed by atoms with E-state index in [1.54, 1.807) is 29.8 Å². The monoisotopic (exact) mass is 413 g/mol. The smallest absolute Gasteiger partial charge is 0.262 e. The Kier molecular flexibility index (Phi) is 5.59. The molecule has 144 valence electrons. The number of thioether (sulfide) groups is 2. The van der Waals surface area contributed by atoms with E-state index in [0.717, 1.165) is 15.8 Å². The van der Waals surface area contributed by atoms with Crippen molar-refractivity contribution in [2.24, 2.45) is 4.99 Å². The van der Waals surface area contributed by atoms with Crippen LogP contribution in [0.4, 0.5) is 11.4 Å². The van der Waals surface area contributed by atoms with E-state index in [2.05, 4.69) is 16.4 Å². The Labute approximate surface area is 171 Å². The zero-order valence-corrected chi connectivity index (χ0v) is 16.9. The van der Waals surface area contributed by atoms with Gasteiger partial charge in [-0.1, -0.05) is 53.9 Å². The molecule has 0 fully saturated rings. The maximum absolute atomic E-state index is 13.0. The fourth-order valence-corrected chi connectivity index (χ4v) is 4.99. The van der Waals surface area contributed by atoms with Crippen LogP contribution in [-0.4, -0.2) is 41.6 Å². The van der Waals surface area contributed by atoms with Crippen LogP contribution >= 0.6 is 23.5 Å². The van der Waals surface area contributed by atoms with Gasteiger partial charge in [-0.15, -0.1) is 0 Å². The predicted octanol–water partition coefficient (Wildman–Crippen LogP) is 3.19. The van der Waals surface area contributed by atoms with Gasteiger partial charge in [0, 0.05) is 12.8 Å². The Morgan fingerprint density at radius 1 is 1.25 bits per heavy atom. The molecule has 2 aromatic rings. The maximum Gasteiger partial charge on any atom is 0.262 e. The minimum absolute atomic E-state index is 0.0724. The Morgan fingerprint density at radius 3 is 2.89 bits per heavy atom. The lowest BCUT2D eigenvalue weighted by atomic mass is 10.2. The van der Waals surface area contributed by atoms with Crippen molar-refractivity contribution in [2.45, 2.75) is 11.9 Å². The molecule has 2 aliphatic heterocycles. The number of aliphatic imine (C=N–C) groups is 1. The van der Waals surface area contributed by atoms with E-state index in [1.165, 1.54) is 17.3 Å². The van der Waals surface area contributed by atoms with Crippen LogP contribution < -0.4 is 15.0 Å². The number of likely N-dealkylation sites (N-methyl/N-ethyl adjacent to an activating group) is 1. The van der Waals surface area contributed by atoms with Crippen molar-refractivity contribution in [3.8, 4) is 5.75 Å². The number of amides is 2. The number of rotatable bonds is 3. The highest BCUT2D eigenvalue weighted by Crippen LogP contribution is 2.36. The second-order valence-electron chi connectivity index (χ2n) is 6.28. The molecule has 1 unspecified atom stereocenters. The van der Waals surface area contributed by atoms with Crippen LogP contribution in [0.5, 0.6) is 5.75 Å². The van der Waals surface area contributed by atoms with E-state index >= 15 is 0 Å². The van der Waals surface area contributed by atoms with Gasteiger partial charge in [0.25, 0.3) is 5.91 Å². The summed E-state index contributed by atoms with van der Waals surface area (Å²) in [6.45, 7) is 0.193. The predicted molar refractivity (Wildman–Crippen MR) is 115 cm³/mol. The molecule has 0 aromatic heterocycles. The molecule has 1 N–H and O–H groups in total. The van der Waals surface area contributed by atoms with Gasteiger partial charge in [-0.25, -0.2) is 4.99 Å². The quantitative estimate of drug-likeness (QED) is 0.837. The zero-order chi connectivity index (χ0) is 19.5. The van der Waals surface area contributed by atoms with E-state index in [0.29, 0.717) is 11.4 Å². The first-order valence-electron chi connectivity index (χ1n) is 8.85. The number of fused-ring (bicyclic) bond motifs is 2. The summed E-state index contributed by atoms with van der Waals surface area (Å²) < 4.78 is 6.64. The SMILES string of the molecule is CNC(=O)C1CN(C(=O)CSC2=Nc3ccccc3CS2)c2ccccc2O1. The maximum atomic E-state index is 13.0. The molecule has 2 aromatic carbocycles. The third-order valence-electron chi connectivity index (χ3n) is 4.49. The van der Waals surface area contributed by atoms with Gasteiger partial charge in [-0.2, -0.15) is 0 Å². The lowest BCUT2D eigenvalue weighted by Gasteiger charge is -2.34. The van der Waals surface area contributed by atoms with Gasteiger partial charge < -0.3 is 15.0 Å². The summed E-state index contributed by atoms with van der Waals surface area (Å²) in [5.41, 5.74) is 2.86. The fourth-order valence-electron chi connectivity index (χ4n) is 3.06. The molecule has 0 saturated carbocycles. The van der Waals surface area contributed by atoms with Gasteiger partial charge in [-0.3, -0.25) is 9.59 Å². The molecule has 8 heteroatoms. The third kappa shape index (κ3) is 3.88. The molecule has 0 aliphatic carbocycles. The van der Waals surface area contributed by atoms with Crippen molar-refractivity contribution >= 4 is 51.1 Å². The highest BCUT2D eigenvalue weighted by Gasteiger charge is 2.33. The van der Waals surface area contributed by atoms with E-state index < -0.39 is 6.10 Å². The minimum Gasteiger partial charge on any atom is -0.477 e. The summed E-state index contributed by atoms with van der Waals surface area (Å²) in [5.74, 6) is 1.33. The Balaban J connectivity index is 1.48. The van der Waals surface area contributed by atoms with Gasteiger partial charge >= 0.3 is 0 Å². The average Bonchev–Trinajstić information content (AvgIpc) is 2.75. The second kappa shape index (κ2) is 8.28. The molecule has 2 heterocycles. The Morgan fingerprint density at radius 2 is 2.04 bits per heavy atom. The first-order chi connectivity index (χ1) is 13.7. The molecule has 28 heavy (non-hydrogen) atoms. The molecule has 2 amide bonds. The summed E-state index contributed by atoms with van der Waals surface area (Å²) in [4.78, 5) is 31.3. The molecule has 0 radical (unpaired) electrons. The molecular weight excluding hydrogens is 394 g/mol. The van der Waals surface area contributed by atoms with Crippen LogP contribution in [-0.2, 0) is 15.3 Å². The van der Waals surface area contributed by atoms with E-state index in [9.17, 15) is 9.59 Å². The van der Waals surface area contributed by atoms with Crippen LogP contribution in [0.3, 0.4) is 0 Å². The third-order valence-corrected chi connectivity index (χ3v) is 6.72. The van der Waals surface area contributed by atoms with Crippen molar-refractivity contribution in [1.82, 2.24) is 5.32 Å². The van der Waals surface area contributed by atoms with Gasteiger partial charge in [0.2, 0.25) is 5.91 Å². The minimum atomic E-state index is -0.720. The Bertz CT molecular complexity index is 948. The van der Waals surface area contributed by atoms with Crippen LogP contribution in [0.25, 0.3) is 0 Å². The van der Waals surface area contributed by atoms with Crippen molar-refractivity contribution in [1.29, 1.82) is 0 Å². The number of hydrogen-bond donors (Lipinski definition) is 1. The van der Waals surface area contributed by atoms with Crippen molar-refractivity contribution in [3.05, 3.63) is 54.1 Å². The average molecular weight is 414 g/mol. The number of nitrogens with zero attached hydrogens (tertiary/aromatic N) is 2. The molecule has 0 bridgehead atoms. The number of benzene rings is 2. The summed E-state index contributed by atoms with van der Waals surface area (Å²) in [6, 6.07) is 15.3. The topological polar surface area (TPSA) is 71.0 Å². The normalized spacial score (nSPS) is 17.7. The number of ether oxygens (including phenoxy) is 1. The molecule has 2 aliphatic rings. The highest BCUT2D eigenvalue weighted by molar-refractivity contribution is 8.38. The van der Waals surface area contributed by atoms with Gasteiger partial charge in [0.1, 0.15) is 10.1 Å². The van der Waals surface area contributed by atoms with E-state index in [-0.39, 0.29) is 24.1 Å². The van der Waals surface area contributed by atoms with Crippen molar-refractivity contribution < 1.29 is 14.3 Å². The van der Waals surface area contributed by atoms with Crippen LogP contribution in [0, 0.1) is 0 Å². The van der Waals surface area contributed by atoms with E-state index in [1.807, 2.05) is 36.4 Å².